The third-order valence-corrected chi connectivity index (χ3v) is 11.8. The number of carbonyl (C=O) groups is 2. The van der Waals surface area contributed by atoms with Gasteiger partial charge in [0.05, 0.1) is 45.0 Å². The van der Waals surface area contributed by atoms with Gasteiger partial charge in [-0.05, 0) is 170 Å². The molecule has 1 aliphatic carbocycles. The van der Waals surface area contributed by atoms with Crippen LogP contribution < -0.4 is 40.2 Å². The normalized spacial score (nSPS) is 11.4. The van der Waals surface area contributed by atoms with Gasteiger partial charge in [0.25, 0.3) is 0 Å². The summed E-state index contributed by atoms with van der Waals surface area (Å²) in [7, 11) is 0. The van der Waals surface area contributed by atoms with Gasteiger partial charge in [0.15, 0.2) is 11.6 Å². The van der Waals surface area contributed by atoms with Crippen molar-refractivity contribution in [2.75, 3.05) is 21.3 Å². The molecule has 0 bridgehead atoms. The van der Waals surface area contributed by atoms with Gasteiger partial charge in [-0.15, -0.1) is 0 Å². The summed E-state index contributed by atoms with van der Waals surface area (Å²) in [5, 5.41) is 13.9. The number of fused-ring (bicyclic) bond motifs is 2. The van der Waals surface area contributed by atoms with Crippen LogP contribution in [0.3, 0.4) is 0 Å². The van der Waals surface area contributed by atoms with Gasteiger partial charge < -0.3 is 40.2 Å². The number of ether oxygens (including phenoxy) is 4. The average Bonchev–Trinajstić information content (AvgIpc) is 3.42. The van der Waals surface area contributed by atoms with Gasteiger partial charge >= 0.3 is 0 Å². The average molecular weight is 941 g/mol. The van der Waals surface area contributed by atoms with E-state index in [2.05, 4.69) is 21.3 Å². The standard InChI is InChI=1S/C62H44N4O6/c67-61-57-53(63-41-21-29-49(30-22-41)69-45-13-5-1-6-14-45)37-38-54(64-42-23-31-50(32-24-42)70-46-15-7-2-8-16-46)58(57)62(68)60-56(66-44-27-35-52(36-28-44)72-48-19-11-4-12-20-48)40-39-55(59(60)61)65-43-25-33-51(34-26-43)71-47-17-9-3-10-18-47/h1-40,63-66H. The molecule has 72 heavy (non-hydrogen) atoms. The summed E-state index contributed by atoms with van der Waals surface area (Å²) in [5.41, 5.74) is 5.37. The van der Waals surface area contributed by atoms with E-state index in [0.717, 1.165) is 0 Å². The number of hydrogen-bond acceptors (Lipinski definition) is 10. The van der Waals surface area contributed by atoms with E-state index in [1.54, 1.807) is 0 Å². The van der Waals surface area contributed by atoms with E-state index in [0.29, 0.717) is 91.5 Å². The molecule has 0 saturated heterocycles. The number of carbonyl (C=O) groups excluding carboxylic acids is 2. The van der Waals surface area contributed by atoms with Crippen LogP contribution in [0, 0.1) is 0 Å². The first kappa shape index (κ1) is 44.4. The highest BCUT2D eigenvalue weighted by atomic mass is 16.5. The summed E-state index contributed by atoms with van der Waals surface area (Å²) < 4.78 is 24.3. The maximum absolute atomic E-state index is 15.7. The third-order valence-electron chi connectivity index (χ3n) is 11.8. The van der Waals surface area contributed by atoms with Crippen LogP contribution in [0.15, 0.2) is 243 Å². The van der Waals surface area contributed by atoms with Crippen molar-refractivity contribution in [2.45, 2.75) is 0 Å². The molecular weight excluding hydrogens is 897 g/mol. The summed E-state index contributed by atoms with van der Waals surface area (Å²) in [6.45, 7) is 0. The van der Waals surface area contributed by atoms with Gasteiger partial charge in [-0.2, -0.15) is 0 Å². The van der Waals surface area contributed by atoms with E-state index >= 15 is 9.59 Å². The number of para-hydroxylation sites is 4. The van der Waals surface area contributed by atoms with Crippen LogP contribution in [0.2, 0.25) is 0 Å². The van der Waals surface area contributed by atoms with Crippen LogP contribution in [0.5, 0.6) is 46.0 Å². The quantitative estimate of drug-likeness (QED) is 0.0745. The lowest BCUT2D eigenvalue weighted by molar-refractivity contribution is 0.0981. The number of rotatable bonds is 16. The molecule has 11 rings (SSSR count). The van der Waals surface area contributed by atoms with Crippen molar-refractivity contribution < 1.29 is 28.5 Å². The molecule has 10 heteroatoms. The predicted octanol–water partition coefficient (Wildman–Crippen LogP) is 16.6. The summed E-state index contributed by atoms with van der Waals surface area (Å²) in [6, 6.07) is 75.2. The second kappa shape index (κ2) is 20.3. The van der Waals surface area contributed by atoms with Crippen molar-refractivity contribution in [1.29, 1.82) is 0 Å². The van der Waals surface area contributed by atoms with Crippen molar-refractivity contribution in [1.82, 2.24) is 0 Å². The Morgan fingerprint density at radius 2 is 0.389 bits per heavy atom. The minimum absolute atomic E-state index is 0.209. The Hall–Kier alpha value is -10.1. The zero-order chi connectivity index (χ0) is 48.6. The Balaban J connectivity index is 0.975. The number of anilines is 8. The summed E-state index contributed by atoms with van der Waals surface area (Å²) >= 11 is 0. The molecule has 0 aliphatic heterocycles. The number of ketones is 2. The molecule has 0 heterocycles. The predicted molar refractivity (Wildman–Crippen MR) is 285 cm³/mol. The first-order valence-electron chi connectivity index (χ1n) is 23.3. The minimum atomic E-state index is -0.358. The Bertz CT molecular complexity index is 3040. The molecule has 0 amide bonds. The highest BCUT2D eigenvalue weighted by Gasteiger charge is 2.38. The maximum atomic E-state index is 15.7. The van der Waals surface area contributed by atoms with Crippen LogP contribution in [0.1, 0.15) is 31.8 Å². The first-order chi connectivity index (χ1) is 35.5. The van der Waals surface area contributed by atoms with E-state index in [4.69, 9.17) is 18.9 Å². The van der Waals surface area contributed by atoms with Crippen LogP contribution in [0.4, 0.5) is 45.5 Å². The highest BCUT2D eigenvalue weighted by Crippen LogP contribution is 2.45. The fourth-order valence-electron chi connectivity index (χ4n) is 8.36. The molecule has 1 aliphatic rings. The SMILES string of the molecule is O=C1c2c(Nc3ccc(Oc4ccccc4)cc3)ccc(Nc3ccc(Oc4ccccc4)cc3)c2C(=O)c2c(Nc3ccc(Oc4ccccc4)cc3)ccc(Nc3ccc(Oc4ccccc4)cc3)c21. The lowest BCUT2D eigenvalue weighted by atomic mass is 9.80. The zero-order valence-electron chi connectivity index (χ0n) is 38.5. The molecule has 0 fully saturated rings. The van der Waals surface area contributed by atoms with Crippen LogP contribution >= 0.6 is 0 Å². The molecule has 0 saturated carbocycles. The third kappa shape index (κ3) is 10.1. The van der Waals surface area contributed by atoms with Crippen molar-refractivity contribution in [2.24, 2.45) is 0 Å². The molecule has 0 unspecified atom stereocenters. The topological polar surface area (TPSA) is 119 Å². The van der Waals surface area contributed by atoms with E-state index in [9.17, 15) is 0 Å². The smallest absolute Gasteiger partial charge is 0.198 e. The lowest BCUT2D eigenvalue weighted by Crippen LogP contribution is -2.25. The second-order valence-electron chi connectivity index (χ2n) is 16.7. The highest BCUT2D eigenvalue weighted by molar-refractivity contribution is 6.35. The molecule has 0 radical (unpaired) electrons. The lowest BCUT2D eigenvalue weighted by Gasteiger charge is -2.27. The number of hydrogen-bond donors (Lipinski definition) is 4. The fraction of sp³-hybridized carbons (Fsp3) is 0. The summed E-state index contributed by atoms with van der Waals surface area (Å²) in [4.78, 5) is 31.4. The molecule has 4 N–H and O–H groups in total. The maximum Gasteiger partial charge on any atom is 0.198 e. The Kier molecular flexibility index (Phi) is 12.5. The van der Waals surface area contributed by atoms with E-state index < -0.39 is 0 Å². The van der Waals surface area contributed by atoms with Crippen molar-refractivity contribution >= 4 is 57.1 Å². The van der Waals surface area contributed by atoms with Gasteiger partial charge in [-0.3, -0.25) is 9.59 Å². The van der Waals surface area contributed by atoms with Crippen LogP contribution in [-0.2, 0) is 0 Å². The Labute approximate surface area is 416 Å². The van der Waals surface area contributed by atoms with E-state index in [1.165, 1.54) is 0 Å². The van der Waals surface area contributed by atoms with Gasteiger partial charge in [-0.1, -0.05) is 72.8 Å². The zero-order valence-corrected chi connectivity index (χ0v) is 38.5. The monoisotopic (exact) mass is 940 g/mol. The number of nitrogens with one attached hydrogen (secondary N) is 4. The minimum Gasteiger partial charge on any atom is -0.457 e. The van der Waals surface area contributed by atoms with E-state index in [-0.39, 0.29) is 33.8 Å². The largest absolute Gasteiger partial charge is 0.457 e. The van der Waals surface area contributed by atoms with Gasteiger partial charge in [0.2, 0.25) is 0 Å². The molecule has 10 nitrogen and oxygen atoms in total. The van der Waals surface area contributed by atoms with Crippen molar-refractivity contribution in [3.05, 3.63) is 265 Å². The molecular formula is C62H44N4O6. The Morgan fingerprint density at radius 1 is 0.208 bits per heavy atom. The molecule has 0 spiro atoms. The van der Waals surface area contributed by atoms with Crippen molar-refractivity contribution in [3.63, 3.8) is 0 Å². The molecule has 0 atom stereocenters. The van der Waals surface area contributed by atoms with E-state index in [1.807, 2.05) is 243 Å². The fourth-order valence-corrected chi connectivity index (χ4v) is 8.36. The Morgan fingerprint density at radius 3 is 0.583 bits per heavy atom. The molecule has 348 valence electrons. The van der Waals surface area contributed by atoms with Gasteiger partial charge in [0, 0.05) is 22.7 Å². The second-order valence-corrected chi connectivity index (χ2v) is 16.7. The first-order valence-corrected chi connectivity index (χ1v) is 23.3. The molecule has 10 aromatic carbocycles. The van der Waals surface area contributed by atoms with Crippen LogP contribution in [-0.4, -0.2) is 11.6 Å². The summed E-state index contributed by atoms with van der Waals surface area (Å²) in [5.74, 6) is 4.68. The molecule has 0 aromatic heterocycles. The van der Waals surface area contributed by atoms with Gasteiger partial charge in [-0.25, -0.2) is 0 Å². The number of benzene rings is 10. The van der Waals surface area contributed by atoms with Crippen LogP contribution in [0.25, 0.3) is 0 Å². The summed E-state index contributed by atoms with van der Waals surface area (Å²) in [6.07, 6.45) is 0. The van der Waals surface area contributed by atoms with Gasteiger partial charge in [0.1, 0.15) is 46.0 Å². The molecule has 10 aromatic rings. The van der Waals surface area contributed by atoms with Crippen molar-refractivity contribution in [3.8, 4) is 46.0 Å².